The monoisotopic (exact) mass is 405 g/mol. The van der Waals surface area contributed by atoms with Crippen LogP contribution in [0.1, 0.15) is 74.7 Å². The van der Waals surface area contributed by atoms with E-state index in [4.69, 9.17) is 5.73 Å². The summed E-state index contributed by atoms with van der Waals surface area (Å²) in [6, 6.07) is 2.56. The van der Waals surface area contributed by atoms with Crippen LogP contribution in [0.5, 0.6) is 0 Å². The fourth-order valence-corrected chi connectivity index (χ4v) is 4.07. The standard InChI is InChI=1S/C22H39N5O2/c1-4-20(27-18-9-7-5-6-8-10-18)17(14-28)13-25-21-19(11-15(2)12-24-21)22(29)26-16(3)23/h11-12,16-18,20,27-28H,4-10,13-14,23H2,1-3H3,(H,24,25)(H,26,29). The number of nitrogens with zero attached hydrogens (tertiary/aromatic N) is 1. The summed E-state index contributed by atoms with van der Waals surface area (Å²) in [5.41, 5.74) is 7.09. The number of aliphatic hydroxyl groups excluding tert-OH is 1. The zero-order chi connectivity index (χ0) is 21.2. The normalized spacial score (nSPS) is 18.5. The van der Waals surface area contributed by atoms with Crippen molar-refractivity contribution >= 4 is 11.7 Å². The number of carbonyl (C=O) groups is 1. The minimum absolute atomic E-state index is 0.0377. The van der Waals surface area contributed by atoms with Crippen LogP contribution in [0.15, 0.2) is 12.3 Å². The Balaban J connectivity index is 2.04. The van der Waals surface area contributed by atoms with Gasteiger partial charge in [0.25, 0.3) is 5.91 Å². The highest BCUT2D eigenvalue weighted by Crippen LogP contribution is 2.20. The second-order valence-corrected chi connectivity index (χ2v) is 8.36. The number of nitrogens with one attached hydrogen (secondary N) is 3. The van der Waals surface area contributed by atoms with E-state index in [0.29, 0.717) is 24.0 Å². The van der Waals surface area contributed by atoms with E-state index in [0.717, 1.165) is 12.0 Å². The summed E-state index contributed by atoms with van der Waals surface area (Å²) in [6.45, 7) is 6.41. The number of pyridine rings is 1. The number of aryl methyl sites for hydroxylation is 1. The van der Waals surface area contributed by atoms with Gasteiger partial charge in [0.05, 0.1) is 11.7 Å². The fraction of sp³-hybridized carbons (Fsp3) is 0.727. The number of nitrogens with two attached hydrogens (primary N) is 1. The predicted molar refractivity (Wildman–Crippen MR) is 118 cm³/mol. The first kappa shape index (κ1) is 23.6. The summed E-state index contributed by atoms with van der Waals surface area (Å²) in [4.78, 5) is 16.9. The van der Waals surface area contributed by atoms with Gasteiger partial charge in [-0.1, -0.05) is 32.6 Å². The van der Waals surface area contributed by atoms with E-state index in [1.165, 1.54) is 38.5 Å². The molecule has 2 rings (SSSR count). The Morgan fingerprint density at radius 1 is 1.31 bits per heavy atom. The zero-order valence-electron chi connectivity index (χ0n) is 18.2. The first-order valence-corrected chi connectivity index (χ1v) is 11.1. The maximum atomic E-state index is 12.5. The Labute approximate surface area is 175 Å². The van der Waals surface area contributed by atoms with Crippen LogP contribution >= 0.6 is 0 Å². The topological polar surface area (TPSA) is 112 Å². The lowest BCUT2D eigenvalue weighted by atomic mass is 9.95. The molecule has 6 N–H and O–H groups in total. The first-order chi connectivity index (χ1) is 13.9. The molecule has 3 atom stereocenters. The molecule has 0 aliphatic heterocycles. The van der Waals surface area contributed by atoms with Crippen molar-refractivity contribution < 1.29 is 9.90 Å². The second kappa shape index (κ2) is 12.1. The molecule has 3 unspecified atom stereocenters. The van der Waals surface area contributed by atoms with Gasteiger partial charge in [-0.05, 0) is 44.7 Å². The van der Waals surface area contributed by atoms with E-state index >= 15 is 0 Å². The van der Waals surface area contributed by atoms with Crippen LogP contribution in [0, 0.1) is 12.8 Å². The van der Waals surface area contributed by atoms with Gasteiger partial charge in [-0.25, -0.2) is 4.98 Å². The molecule has 1 aromatic rings. The number of aliphatic hydroxyl groups is 1. The lowest BCUT2D eigenvalue weighted by molar-refractivity contribution is 0.0941. The molecule has 29 heavy (non-hydrogen) atoms. The van der Waals surface area contributed by atoms with Gasteiger partial charge in [-0.15, -0.1) is 0 Å². The van der Waals surface area contributed by atoms with Crippen molar-refractivity contribution in [1.82, 2.24) is 15.6 Å². The average Bonchev–Trinajstić information content (AvgIpc) is 2.96. The molecule has 1 aliphatic carbocycles. The maximum Gasteiger partial charge on any atom is 0.256 e. The molecule has 7 heteroatoms. The van der Waals surface area contributed by atoms with E-state index in [1.54, 1.807) is 13.1 Å². The van der Waals surface area contributed by atoms with Gasteiger partial charge in [-0.2, -0.15) is 0 Å². The Morgan fingerprint density at radius 3 is 2.59 bits per heavy atom. The summed E-state index contributed by atoms with van der Waals surface area (Å²) in [5.74, 6) is 0.315. The van der Waals surface area contributed by atoms with Crippen molar-refractivity contribution in [2.75, 3.05) is 18.5 Å². The molecule has 1 aliphatic rings. The molecule has 164 valence electrons. The van der Waals surface area contributed by atoms with Crippen LogP contribution in [-0.2, 0) is 0 Å². The summed E-state index contributed by atoms with van der Waals surface area (Å²) < 4.78 is 0. The van der Waals surface area contributed by atoms with Crippen molar-refractivity contribution in [3.8, 4) is 0 Å². The van der Waals surface area contributed by atoms with E-state index < -0.39 is 6.17 Å². The van der Waals surface area contributed by atoms with Gasteiger partial charge < -0.3 is 26.8 Å². The number of rotatable bonds is 10. The van der Waals surface area contributed by atoms with Crippen LogP contribution in [0.4, 0.5) is 5.82 Å². The van der Waals surface area contributed by atoms with Gasteiger partial charge >= 0.3 is 0 Å². The fourth-order valence-electron chi connectivity index (χ4n) is 4.07. The maximum absolute atomic E-state index is 12.5. The lowest BCUT2D eigenvalue weighted by Gasteiger charge is -2.30. The SMILES string of the molecule is CCC(NC1CCCCCC1)C(CO)CNc1ncc(C)cc1C(=O)NC(C)N. The van der Waals surface area contributed by atoms with Crippen molar-refractivity contribution in [3.05, 3.63) is 23.4 Å². The third-order valence-corrected chi connectivity index (χ3v) is 5.71. The van der Waals surface area contributed by atoms with Crippen molar-refractivity contribution in [2.45, 2.75) is 84.0 Å². The Morgan fingerprint density at radius 2 is 2.00 bits per heavy atom. The number of aromatic nitrogens is 1. The quantitative estimate of drug-likeness (QED) is 0.302. The molecule has 1 amide bonds. The van der Waals surface area contributed by atoms with Crippen molar-refractivity contribution in [3.63, 3.8) is 0 Å². The molecule has 1 aromatic heterocycles. The number of hydrogen-bond acceptors (Lipinski definition) is 6. The number of anilines is 1. The van der Waals surface area contributed by atoms with E-state index in [1.807, 2.05) is 13.0 Å². The summed E-state index contributed by atoms with van der Waals surface area (Å²) in [7, 11) is 0. The van der Waals surface area contributed by atoms with E-state index in [9.17, 15) is 9.90 Å². The molecule has 0 bridgehead atoms. The molecule has 1 heterocycles. The molecule has 7 nitrogen and oxygen atoms in total. The van der Waals surface area contributed by atoms with E-state index in [-0.39, 0.29) is 24.5 Å². The molecule has 0 aromatic carbocycles. The Bertz CT molecular complexity index is 630. The van der Waals surface area contributed by atoms with Gasteiger partial charge in [0.15, 0.2) is 0 Å². The molecular formula is C22H39N5O2. The Kier molecular flexibility index (Phi) is 9.84. The van der Waals surface area contributed by atoms with Crippen LogP contribution in [0.25, 0.3) is 0 Å². The molecule has 0 spiro atoms. The van der Waals surface area contributed by atoms with Crippen LogP contribution in [0.3, 0.4) is 0 Å². The molecular weight excluding hydrogens is 366 g/mol. The third-order valence-electron chi connectivity index (χ3n) is 5.71. The molecule has 0 saturated heterocycles. The number of hydrogen-bond donors (Lipinski definition) is 5. The van der Waals surface area contributed by atoms with Crippen LogP contribution in [-0.4, -0.2) is 47.4 Å². The van der Waals surface area contributed by atoms with Crippen LogP contribution in [0.2, 0.25) is 0 Å². The van der Waals surface area contributed by atoms with Gasteiger partial charge in [-0.3, -0.25) is 4.79 Å². The minimum Gasteiger partial charge on any atom is -0.396 e. The average molecular weight is 406 g/mol. The summed E-state index contributed by atoms with van der Waals surface area (Å²) >= 11 is 0. The highest BCUT2D eigenvalue weighted by molar-refractivity contribution is 5.99. The van der Waals surface area contributed by atoms with Gasteiger partial charge in [0.2, 0.25) is 0 Å². The number of carbonyl (C=O) groups excluding carboxylic acids is 1. The van der Waals surface area contributed by atoms with Crippen LogP contribution < -0.4 is 21.7 Å². The lowest BCUT2D eigenvalue weighted by Crippen LogP contribution is -2.46. The molecule has 1 saturated carbocycles. The Hall–Kier alpha value is -1.70. The van der Waals surface area contributed by atoms with Crippen molar-refractivity contribution in [1.29, 1.82) is 0 Å². The van der Waals surface area contributed by atoms with E-state index in [2.05, 4.69) is 27.9 Å². The second-order valence-electron chi connectivity index (χ2n) is 8.36. The predicted octanol–water partition coefficient (Wildman–Crippen LogP) is 2.54. The summed E-state index contributed by atoms with van der Waals surface area (Å²) in [6.07, 6.45) is 9.88. The molecule has 0 radical (unpaired) electrons. The minimum atomic E-state index is -0.436. The highest BCUT2D eigenvalue weighted by atomic mass is 16.3. The van der Waals surface area contributed by atoms with Gasteiger partial charge in [0.1, 0.15) is 5.82 Å². The smallest absolute Gasteiger partial charge is 0.256 e. The van der Waals surface area contributed by atoms with Gasteiger partial charge in [0, 0.05) is 37.4 Å². The third kappa shape index (κ3) is 7.57. The first-order valence-electron chi connectivity index (χ1n) is 11.1. The highest BCUT2D eigenvalue weighted by Gasteiger charge is 2.24. The van der Waals surface area contributed by atoms with Crippen molar-refractivity contribution in [2.24, 2.45) is 11.7 Å². The molecule has 1 fully saturated rings. The zero-order valence-corrected chi connectivity index (χ0v) is 18.2. The number of amides is 1. The summed E-state index contributed by atoms with van der Waals surface area (Å²) in [5, 5.41) is 19.8. The largest absolute Gasteiger partial charge is 0.396 e.